The Morgan fingerprint density at radius 1 is 1.06 bits per heavy atom. The lowest BCUT2D eigenvalue weighted by molar-refractivity contribution is -0.147. The molecule has 188 valence electrons. The average Bonchev–Trinajstić information content (AvgIpc) is 3.33. The first kappa shape index (κ1) is 25.0. The van der Waals surface area contributed by atoms with Crippen LogP contribution in [0, 0.1) is 20.8 Å². The number of aliphatic hydroxyl groups excluding tert-OH is 1. The zero-order valence-electron chi connectivity index (χ0n) is 20.7. The van der Waals surface area contributed by atoms with Gasteiger partial charge in [-0.2, -0.15) is 5.10 Å². The molecular formula is C27H31N5O4. The van der Waals surface area contributed by atoms with Gasteiger partial charge < -0.3 is 25.0 Å². The van der Waals surface area contributed by atoms with E-state index in [0.717, 1.165) is 33.7 Å². The highest BCUT2D eigenvalue weighted by molar-refractivity contribution is 5.94. The molecule has 2 heterocycles. The molecule has 4 rings (SSSR count). The average molecular weight is 490 g/mol. The van der Waals surface area contributed by atoms with Gasteiger partial charge in [0.05, 0.1) is 22.8 Å². The number of aryl methyl sites for hydroxylation is 2. The molecule has 0 saturated heterocycles. The van der Waals surface area contributed by atoms with Crippen molar-refractivity contribution in [3.8, 4) is 5.69 Å². The Hall–Kier alpha value is -4.11. The molecule has 3 N–H and O–H groups in total. The quantitative estimate of drug-likeness (QED) is 0.231. The Labute approximate surface area is 209 Å². The molecule has 4 aromatic rings. The maximum atomic E-state index is 12.6. The minimum atomic E-state index is -0.480. The summed E-state index contributed by atoms with van der Waals surface area (Å²) in [7, 11) is 0. The number of amides is 1. The van der Waals surface area contributed by atoms with Gasteiger partial charge in [-0.15, -0.1) is 0 Å². The Morgan fingerprint density at radius 2 is 1.81 bits per heavy atom. The molecule has 9 nitrogen and oxygen atoms in total. The van der Waals surface area contributed by atoms with Crippen molar-refractivity contribution in [3.63, 3.8) is 0 Å². The number of carbonyl (C=O) groups is 2. The third kappa shape index (κ3) is 5.58. The number of esters is 1. The van der Waals surface area contributed by atoms with Crippen LogP contribution in [0.2, 0.25) is 0 Å². The van der Waals surface area contributed by atoms with Gasteiger partial charge in [0, 0.05) is 30.0 Å². The maximum Gasteiger partial charge on any atom is 0.326 e. The van der Waals surface area contributed by atoms with Gasteiger partial charge in [-0.1, -0.05) is 18.2 Å². The lowest BCUT2D eigenvalue weighted by atomic mass is 10.2. The van der Waals surface area contributed by atoms with Crippen molar-refractivity contribution in [1.82, 2.24) is 14.3 Å². The predicted octanol–water partition coefficient (Wildman–Crippen LogP) is 3.73. The number of nitrogens with one attached hydrogen (secondary N) is 2. The predicted molar refractivity (Wildman–Crippen MR) is 139 cm³/mol. The number of aliphatic hydroxyl groups is 1. The number of aromatic nitrogens is 3. The monoisotopic (exact) mass is 489 g/mol. The lowest BCUT2D eigenvalue weighted by Gasteiger charge is -2.10. The zero-order valence-corrected chi connectivity index (χ0v) is 20.7. The summed E-state index contributed by atoms with van der Waals surface area (Å²) in [4.78, 5) is 25.0. The molecule has 0 unspecified atom stereocenters. The van der Waals surface area contributed by atoms with Crippen molar-refractivity contribution in [2.24, 2.45) is 0 Å². The number of benzene rings is 2. The Bertz CT molecular complexity index is 1370. The number of ether oxygens (including phenoxy) is 1. The highest BCUT2D eigenvalue weighted by Crippen LogP contribution is 2.24. The molecule has 0 bridgehead atoms. The van der Waals surface area contributed by atoms with Gasteiger partial charge in [-0.3, -0.25) is 9.59 Å². The minimum Gasteiger partial charge on any atom is -0.454 e. The Morgan fingerprint density at radius 3 is 2.56 bits per heavy atom. The van der Waals surface area contributed by atoms with Gasteiger partial charge in [0.25, 0.3) is 5.91 Å². The Balaban J connectivity index is 1.35. The molecule has 0 fully saturated rings. The first-order valence-electron chi connectivity index (χ1n) is 11.9. The Kier molecular flexibility index (Phi) is 7.70. The molecule has 9 heteroatoms. The molecule has 1 amide bonds. The molecule has 0 saturated carbocycles. The van der Waals surface area contributed by atoms with E-state index in [1.807, 2.05) is 79.9 Å². The fraction of sp³-hybridized carbons (Fsp3) is 0.296. The summed E-state index contributed by atoms with van der Waals surface area (Å²) in [6.45, 7) is 6.12. The third-order valence-corrected chi connectivity index (χ3v) is 6.00. The van der Waals surface area contributed by atoms with Crippen LogP contribution in [0.1, 0.15) is 23.5 Å². The number of rotatable bonds is 10. The minimum absolute atomic E-state index is 0.0352. The molecular weight excluding hydrogens is 458 g/mol. The smallest absolute Gasteiger partial charge is 0.326 e. The van der Waals surface area contributed by atoms with Crippen LogP contribution in [0.3, 0.4) is 0 Å². The van der Waals surface area contributed by atoms with E-state index in [1.165, 1.54) is 0 Å². The first-order valence-corrected chi connectivity index (χ1v) is 11.9. The lowest BCUT2D eigenvalue weighted by Crippen LogP contribution is -2.23. The number of para-hydroxylation sites is 1. The van der Waals surface area contributed by atoms with Crippen molar-refractivity contribution in [1.29, 1.82) is 0 Å². The van der Waals surface area contributed by atoms with Crippen molar-refractivity contribution in [2.45, 2.75) is 33.7 Å². The fourth-order valence-electron chi connectivity index (χ4n) is 4.16. The summed E-state index contributed by atoms with van der Waals surface area (Å²) < 4.78 is 8.89. The number of anilines is 2. The van der Waals surface area contributed by atoms with Gasteiger partial charge in [0.2, 0.25) is 0 Å². The van der Waals surface area contributed by atoms with Gasteiger partial charge in [0.1, 0.15) is 6.54 Å². The van der Waals surface area contributed by atoms with Crippen molar-refractivity contribution < 1.29 is 19.4 Å². The van der Waals surface area contributed by atoms with Gasteiger partial charge in [-0.25, -0.2) is 4.68 Å². The molecule has 0 aliphatic heterocycles. The van der Waals surface area contributed by atoms with Gasteiger partial charge in [-0.05, 0) is 69.0 Å². The highest BCUT2D eigenvalue weighted by Gasteiger charge is 2.17. The number of hydrogen-bond donors (Lipinski definition) is 3. The molecule has 0 spiro atoms. The SMILES string of the molecule is Cc1nn(-c2ccc(NCCCO)cc2)c(C)c1NC(=O)COC(=O)Cn1c(C)cc2ccccc21. The van der Waals surface area contributed by atoms with E-state index in [0.29, 0.717) is 24.3 Å². The van der Waals surface area contributed by atoms with Crippen LogP contribution in [-0.2, 0) is 20.9 Å². The molecule has 2 aromatic carbocycles. The van der Waals surface area contributed by atoms with Crippen LogP contribution in [0.5, 0.6) is 0 Å². The van der Waals surface area contributed by atoms with Crippen LogP contribution >= 0.6 is 0 Å². The second-order valence-corrected chi connectivity index (χ2v) is 8.65. The van der Waals surface area contributed by atoms with Crippen LogP contribution in [0.15, 0.2) is 54.6 Å². The van der Waals surface area contributed by atoms with Crippen molar-refractivity contribution in [3.05, 3.63) is 71.7 Å². The van der Waals surface area contributed by atoms with Crippen LogP contribution < -0.4 is 10.6 Å². The van der Waals surface area contributed by atoms with Crippen LogP contribution in [-0.4, -0.2) is 51.1 Å². The summed E-state index contributed by atoms with van der Waals surface area (Å²) in [6.07, 6.45) is 0.681. The summed E-state index contributed by atoms with van der Waals surface area (Å²) in [5.74, 6) is -0.905. The van der Waals surface area contributed by atoms with E-state index in [2.05, 4.69) is 15.7 Å². The standard InChI is InChI=1S/C27H31N5O4/c1-18-15-21-7-4-5-8-24(21)31(18)16-26(35)36-17-25(34)29-27-19(2)30-32(20(27)3)23-11-9-22(10-12-23)28-13-6-14-33/h4-5,7-12,15,28,33H,6,13-14,16-17H2,1-3H3,(H,29,34). The highest BCUT2D eigenvalue weighted by atomic mass is 16.5. The van der Waals surface area contributed by atoms with E-state index < -0.39 is 11.9 Å². The second kappa shape index (κ2) is 11.1. The topological polar surface area (TPSA) is 110 Å². The summed E-state index contributed by atoms with van der Waals surface area (Å²) in [5, 5.41) is 20.6. The molecule has 0 atom stereocenters. The van der Waals surface area contributed by atoms with E-state index in [9.17, 15) is 9.59 Å². The fourth-order valence-corrected chi connectivity index (χ4v) is 4.16. The van der Waals surface area contributed by atoms with Crippen LogP contribution in [0.4, 0.5) is 11.4 Å². The van der Waals surface area contributed by atoms with E-state index >= 15 is 0 Å². The summed E-state index contributed by atoms with van der Waals surface area (Å²) in [6, 6.07) is 17.6. The van der Waals surface area contributed by atoms with E-state index in [4.69, 9.17) is 9.84 Å². The second-order valence-electron chi connectivity index (χ2n) is 8.65. The number of hydrogen-bond acceptors (Lipinski definition) is 6. The van der Waals surface area contributed by atoms with Crippen LogP contribution in [0.25, 0.3) is 16.6 Å². The number of fused-ring (bicyclic) bond motifs is 1. The largest absolute Gasteiger partial charge is 0.454 e. The van der Waals surface area contributed by atoms with E-state index in [1.54, 1.807) is 4.68 Å². The third-order valence-electron chi connectivity index (χ3n) is 6.00. The maximum absolute atomic E-state index is 12.6. The summed E-state index contributed by atoms with van der Waals surface area (Å²) in [5.41, 5.74) is 5.72. The first-order chi connectivity index (χ1) is 17.4. The van der Waals surface area contributed by atoms with Crippen molar-refractivity contribution >= 4 is 34.2 Å². The van der Waals surface area contributed by atoms with E-state index in [-0.39, 0.29) is 19.8 Å². The van der Waals surface area contributed by atoms with Gasteiger partial charge >= 0.3 is 5.97 Å². The molecule has 2 aromatic heterocycles. The number of carbonyl (C=O) groups excluding carboxylic acids is 2. The molecule has 0 aliphatic carbocycles. The molecule has 0 radical (unpaired) electrons. The van der Waals surface area contributed by atoms with Gasteiger partial charge in [0.15, 0.2) is 6.61 Å². The summed E-state index contributed by atoms with van der Waals surface area (Å²) >= 11 is 0. The molecule has 0 aliphatic rings. The number of nitrogens with zero attached hydrogens (tertiary/aromatic N) is 3. The van der Waals surface area contributed by atoms with Crippen molar-refractivity contribution in [2.75, 3.05) is 30.4 Å². The zero-order chi connectivity index (χ0) is 25.7. The normalized spacial score (nSPS) is 11.0. The molecule has 36 heavy (non-hydrogen) atoms.